The summed E-state index contributed by atoms with van der Waals surface area (Å²) in [6, 6.07) is 25.3. The van der Waals surface area contributed by atoms with Crippen LogP contribution in [0.2, 0.25) is 0 Å². The minimum Gasteiger partial charge on any atom is -0.267 e. The summed E-state index contributed by atoms with van der Waals surface area (Å²) in [5.74, 6) is -2.53. The molecule has 288 valence electrons. The van der Waals surface area contributed by atoms with Crippen LogP contribution in [0.1, 0.15) is 94.1 Å². The van der Waals surface area contributed by atoms with Crippen LogP contribution >= 0.6 is 0 Å². The molecule has 0 saturated carbocycles. The van der Waals surface area contributed by atoms with Gasteiger partial charge in [0.15, 0.2) is 0 Å². The molecule has 4 aromatic rings. The van der Waals surface area contributed by atoms with Crippen LogP contribution < -0.4 is 0 Å². The Hall–Kier alpha value is -5.66. The summed E-state index contributed by atoms with van der Waals surface area (Å²) in [4.78, 5) is 51.6. The van der Waals surface area contributed by atoms with Crippen LogP contribution in [0.3, 0.4) is 0 Å². The number of alkyl halides is 6. The average molecular weight is 757 g/mol. The number of halogens is 6. The molecular formula is C40H42F6N4O4. The second-order valence-corrected chi connectivity index (χ2v) is 14.1. The first-order chi connectivity index (χ1) is 24.9. The van der Waals surface area contributed by atoms with Crippen molar-refractivity contribution in [3.05, 3.63) is 143 Å². The topological polar surface area (TPSA) is 81.2 Å². The highest BCUT2D eigenvalue weighted by atomic mass is 19.4. The van der Waals surface area contributed by atoms with Crippen LogP contribution in [-0.2, 0) is 12.4 Å². The van der Waals surface area contributed by atoms with E-state index in [4.69, 9.17) is 0 Å². The third-order valence-electron chi connectivity index (χ3n) is 7.78. The number of amides is 4. The van der Waals surface area contributed by atoms with Gasteiger partial charge >= 0.3 is 12.4 Å². The lowest BCUT2D eigenvalue weighted by Crippen LogP contribution is -2.56. The molecule has 0 atom stereocenters. The van der Waals surface area contributed by atoms with E-state index in [1.165, 1.54) is 38.4 Å². The molecule has 0 aromatic heterocycles. The SMILES string of the molecule is CN(C(=O)c1ccccc1)N(C(=O)c1cccc(C(F)(F)F)c1)C(C)(C)C.CN(C(=O)c1ccccc1)N(C(=O)c1ccccc1C(F)(F)F)C(C)(C)C. The predicted molar refractivity (Wildman–Crippen MR) is 192 cm³/mol. The molecule has 0 N–H and O–H groups in total. The number of hydrazine groups is 2. The van der Waals surface area contributed by atoms with Gasteiger partial charge in [0, 0.05) is 30.8 Å². The summed E-state index contributed by atoms with van der Waals surface area (Å²) < 4.78 is 79.0. The first-order valence-corrected chi connectivity index (χ1v) is 16.6. The maximum absolute atomic E-state index is 13.3. The van der Waals surface area contributed by atoms with E-state index in [1.807, 2.05) is 0 Å². The van der Waals surface area contributed by atoms with Gasteiger partial charge in [0.25, 0.3) is 23.6 Å². The molecule has 0 aliphatic carbocycles. The minimum atomic E-state index is -4.68. The van der Waals surface area contributed by atoms with Crippen LogP contribution in [0.15, 0.2) is 109 Å². The van der Waals surface area contributed by atoms with Gasteiger partial charge in [0.2, 0.25) is 0 Å². The molecule has 14 heteroatoms. The van der Waals surface area contributed by atoms with Gasteiger partial charge in [-0.05, 0) is 96.1 Å². The molecule has 8 nitrogen and oxygen atoms in total. The lowest BCUT2D eigenvalue weighted by molar-refractivity contribution is -0.138. The molecule has 0 unspecified atom stereocenters. The largest absolute Gasteiger partial charge is 0.417 e. The molecule has 0 fully saturated rings. The predicted octanol–water partition coefficient (Wildman–Crippen LogP) is 9.27. The Balaban J connectivity index is 0.000000290. The van der Waals surface area contributed by atoms with Crippen molar-refractivity contribution in [1.29, 1.82) is 0 Å². The molecule has 4 rings (SSSR count). The number of hydrogen-bond donors (Lipinski definition) is 0. The molecule has 0 bridgehead atoms. The van der Waals surface area contributed by atoms with E-state index in [0.29, 0.717) is 11.1 Å². The van der Waals surface area contributed by atoms with Crippen LogP contribution in [0.25, 0.3) is 0 Å². The average Bonchev–Trinajstić information content (AvgIpc) is 3.10. The molecule has 4 aromatic carbocycles. The van der Waals surface area contributed by atoms with Gasteiger partial charge in [-0.3, -0.25) is 19.2 Å². The van der Waals surface area contributed by atoms with Crippen LogP contribution in [0, 0.1) is 0 Å². The summed E-state index contributed by atoms with van der Waals surface area (Å²) in [7, 11) is 2.79. The summed E-state index contributed by atoms with van der Waals surface area (Å²) >= 11 is 0. The van der Waals surface area contributed by atoms with Gasteiger partial charge in [-0.1, -0.05) is 54.6 Å². The van der Waals surface area contributed by atoms with Crippen LogP contribution in [0.4, 0.5) is 26.3 Å². The molecular weight excluding hydrogens is 714 g/mol. The van der Waals surface area contributed by atoms with Crippen molar-refractivity contribution in [3.8, 4) is 0 Å². The smallest absolute Gasteiger partial charge is 0.267 e. The van der Waals surface area contributed by atoms with E-state index in [2.05, 4.69) is 0 Å². The maximum Gasteiger partial charge on any atom is 0.417 e. The fraction of sp³-hybridized carbons (Fsp3) is 0.300. The van der Waals surface area contributed by atoms with Gasteiger partial charge in [0.05, 0.1) is 27.8 Å². The zero-order chi connectivity index (χ0) is 40.8. The van der Waals surface area contributed by atoms with E-state index in [0.717, 1.165) is 44.3 Å². The summed E-state index contributed by atoms with van der Waals surface area (Å²) in [6.07, 6.45) is -9.24. The quantitative estimate of drug-likeness (QED) is 0.154. The van der Waals surface area contributed by atoms with Crippen molar-refractivity contribution >= 4 is 23.6 Å². The second kappa shape index (κ2) is 16.6. The Morgan fingerprint density at radius 1 is 0.444 bits per heavy atom. The Labute approximate surface area is 310 Å². The Kier molecular flexibility index (Phi) is 13.1. The van der Waals surface area contributed by atoms with Gasteiger partial charge < -0.3 is 0 Å². The fourth-order valence-corrected chi connectivity index (χ4v) is 5.48. The number of rotatable bonds is 4. The van der Waals surface area contributed by atoms with Gasteiger partial charge in [-0.25, -0.2) is 20.0 Å². The van der Waals surface area contributed by atoms with Gasteiger partial charge in [-0.15, -0.1) is 0 Å². The summed E-state index contributed by atoms with van der Waals surface area (Å²) in [5.41, 5.74) is -3.69. The van der Waals surface area contributed by atoms with E-state index in [1.54, 1.807) is 102 Å². The maximum atomic E-state index is 13.3. The van der Waals surface area contributed by atoms with E-state index < -0.39 is 63.7 Å². The molecule has 0 aliphatic rings. The molecule has 54 heavy (non-hydrogen) atoms. The molecule has 0 heterocycles. The molecule has 0 spiro atoms. The van der Waals surface area contributed by atoms with Gasteiger partial charge in [-0.2, -0.15) is 26.3 Å². The normalized spacial score (nSPS) is 11.8. The van der Waals surface area contributed by atoms with Crippen molar-refractivity contribution in [2.45, 2.75) is 65.0 Å². The third-order valence-corrected chi connectivity index (χ3v) is 7.78. The Morgan fingerprint density at radius 3 is 1.24 bits per heavy atom. The molecule has 0 saturated heterocycles. The third kappa shape index (κ3) is 10.5. The summed E-state index contributed by atoms with van der Waals surface area (Å²) in [6.45, 7) is 10.1. The second-order valence-electron chi connectivity index (χ2n) is 14.1. The van der Waals surface area contributed by atoms with E-state index in [-0.39, 0.29) is 5.56 Å². The van der Waals surface area contributed by atoms with Gasteiger partial charge in [0.1, 0.15) is 0 Å². The number of nitrogens with zero attached hydrogens (tertiary/aromatic N) is 4. The first-order valence-electron chi connectivity index (χ1n) is 16.6. The van der Waals surface area contributed by atoms with Crippen molar-refractivity contribution in [3.63, 3.8) is 0 Å². The highest BCUT2D eigenvalue weighted by molar-refractivity contribution is 6.01. The number of benzene rings is 4. The molecule has 4 amide bonds. The lowest BCUT2D eigenvalue weighted by atomic mass is 10.0. The zero-order valence-corrected chi connectivity index (χ0v) is 31.1. The summed E-state index contributed by atoms with van der Waals surface area (Å²) in [5, 5.41) is 4.41. The monoisotopic (exact) mass is 756 g/mol. The highest BCUT2D eigenvalue weighted by Crippen LogP contribution is 2.34. The number of carbonyl (C=O) groups is 4. The van der Waals surface area contributed by atoms with Crippen molar-refractivity contribution in [2.75, 3.05) is 14.1 Å². The van der Waals surface area contributed by atoms with E-state index >= 15 is 0 Å². The minimum absolute atomic E-state index is 0.146. The molecule has 0 aliphatic heterocycles. The number of carbonyl (C=O) groups excluding carboxylic acids is 4. The zero-order valence-electron chi connectivity index (χ0n) is 31.1. The van der Waals surface area contributed by atoms with Crippen LogP contribution in [-0.4, -0.2) is 68.8 Å². The van der Waals surface area contributed by atoms with Crippen molar-refractivity contribution in [2.24, 2.45) is 0 Å². The fourth-order valence-electron chi connectivity index (χ4n) is 5.48. The Morgan fingerprint density at radius 2 is 0.833 bits per heavy atom. The Bertz CT molecular complexity index is 1940. The van der Waals surface area contributed by atoms with Crippen LogP contribution in [0.5, 0.6) is 0 Å². The lowest BCUT2D eigenvalue weighted by Gasteiger charge is -2.42. The van der Waals surface area contributed by atoms with Crippen molar-refractivity contribution in [1.82, 2.24) is 20.0 Å². The highest BCUT2D eigenvalue weighted by Gasteiger charge is 2.40. The van der Waals surface area contributed by atoms with Crippen molar-refractivity contribution < 1.29 is 45.5 Å². The molecule has 0 radical (unpaired) electrons. The standard InChI is InChI=1S/2C20H21F3N2O2/c1-19(2,3)25(24(4)17(26)14-10-6-5-7-11-14)18(27)15-12-8-9-13-16(15)20(21,22)23;1-19(2,3)25(24(4)17(26)14-9-6-5-7-10-14)18(27)15-11-8-12-16(13-15)20(21,22)23/h2*5-13H,1-4H3. The van der Waals surface area contributed by atoms with E-state index in [9.17, 15) is 45.5 Å². The number of hydrogen-bond acceptors (Lipinski definition) is 4. The first kappa shape index (κ1) is 42.8.